The molecule has 0 bridgehead atoms. The van der Waals surface area contributed by atoms with Gasteiger partial charge in [0, 0.05) is 18.0 Å². The van der Waals surface area contributed by atoms with E-state index in [0.29, 0.717) is 12.8 Å². The summed E-state index contributed by atoms with van der Waals surface area (Å²) < 4.78 is 0. The third kappa shape index (κ3) is 2.54. The van der Waals surface area contributed by atoms with Gasteiger partial charge >= 0.3 is 5.97 Å². The average molecular weight is 213 g/mol. The number of hydrogen-bond acceptors (Lipinski definition) is 3. The third-order valence-electron chi connectivity index (χ3n) is 2.34. The highest BCUT2D eigenvalue weighted by Gasteiger charge is 2.33. The summed E-state index contributed by atoms with van der Waals surface area (Å²) in [4.78, 5) is 15.2. The first kappa shape index (κ1) is 11.2. The van der Waals surface area contributed by atoms with Crippen molar-refractivity contribution in [3.8, 4) is 0 Å². The zero-order valence-corrected chi connectivity index (χ0v) is 9.30. The van der Waals surface area contributed by atoms with Crippen LogP contribution in [0, 0.1) is 5.41 Å². The van der Waals surface area contributed by atoms with Gasteiger partial charge < -0.3 is 5.11 Å². The molecular weight excluding hydrogens is 198 g/mol. The Labute approximate surface area is 87.8 Å². The quantitative estimate of drug-likeness (QED) is 0.817. The minimum absolute atomic E-state index is 0.536. The van der Waals surface area contributed by atoms with Crippen molar-refractivity contribution in [1.29, 1.82) is 0 Å². The lowest BCUT2D eigenvalue weighted by Gasteiger charge is -2.22. The van der Waals surface area contributed by atoms with E-state index < -0.39 is 11.4 Å². The molecule has 1 aromatic heterocycles. The Morgan fingerprint density at radius 1 is 1.71 bits per heavy atom. The van der Waals surface area contributed by atoms with Crippen molar-refractivity contribution in [3.05, 3.63) is 16.6 Å². The van der Waals surface area contributed by atoms with Gasteiger partial charge in [-0.2, -0.15) is 0 Å². The highest BCUT2D eigenvalue weighted by molar-refractivity contribution is 7.09. The van der Waals surface area contributed by atoms with Crippen LogP contribution in [0.4, 0.5) is 0 Å². The van der Waals surface area contributed by atoms with E-state index in [1.165, 1.54) is 11.3 Å². The second kappa shape index (κ2) is 4.55. The van der Waals surface area contributed by atoms with Crippen LogP contribution in [0.15, 0.2) is 11.6 Å². The Morgan fingerprint density at radius 3 is 2.86 bits per heavy atom. The van der Waals surface area contributed by atoms with Crippen LogP contribution < -0.4 is 0 Å². The van der Waals surface area contributed by atoms with Crippen molar-refractivity contribution in [2.24, 2.45) is 5.41 Å². The number of nitrogens with zero attached hydrogens (tertiary/aromatic N) is 1. The molecule has 0 radical (unpaired) electrons. The SMILES string of the molecule is CCCC(C)(Cc1nccs1)C(=O)O. The largest absolute Gasteiger partial charge is 0.481 e. The second-order valence-electron chi connectivity index (χ2n) is 3.72. The third-order valence-corrected chi connectivity index (χ3v) is 3.12. The van der Waals surface area contributed by atoms with Crippen molar-refractivity contribution in [2.45, 2.75) is 33.1 Å². The molecule has 1 rings (SSSR count). The zero-order valence-electron chi connectivity index (χ0n) is 8.49. The Hall–Kier alpha value is -0.900. The molecule has 3 nitrogen and oxygen atoms in total. The fourth-order valence-corrected chi connectivity index (χ4v) is 2.30. The van der Waals surface area contributed by atoms with E-state index in [1.54, 1.807) is 13.1 Å². The molecule has 0 amide bonds. The van der Waals surface area contributed by atoms with Gasteiger partial charge in [-0.25, -0.2) is 4.98 Å². The zero-order chi connectivity index (χ0) is 10.6. The van der Waals surface area contributed by atoms with E-state index in [4.69, 9.17) is 5.11 Å². The summed E-state index contributed by atoms with van der Waals surface area (Å²) in [5.74, 6) is -0.727. The van der Waals surface area contributed by atoms with Gasteiger partial charge in [0.05, 0.1) is 10.4 Å². The molecule has 1 aromatic rings. The number of hydrogen-bond donors (Lipinski definition) is 1. The summed E-state index contributed by atoms with van der Waals surface area (Å²) in [5, 5.41) is 11.9. The fraction of sp³-hybridized carbons (Fsp3) is 0.600. The van der Waals surface area contributed by atoms with Gasteiger partial charge in [0.15, 0.2) is 0 Å². The van der Waals surface area contributed by atoms with E-state index in [9.17, 15) is 4.79 Å². The van der Waals surface area contributed by atoms with Gasteiger partial charge in [0.2, 0.25) is 0 Å². The average Bonchev–Trinajstić information content (AvgIpc) is 2.56. The molecule has 0 aromatic carbocycles. The van der Waals surface area contributed by atoms with Crippen LogP contribution in [-0.4, -0.2) is 16.1 Å². The molecule has 1 N–H and O–H groups in total. The number of carbonyl (C=O) groups is 1. The molecule has 1 unspecified atom stereocenters. The molecule has 0 spiro atoms. The van der Waals surface area contributed by atoms with Crippen LogP contribution in [0.25, 0.3) is 0 Å². The number of thiazole rings is 1. The molecule has 0 aliphatic carbocycles. The van der Waals surface area contributed by atoms with E-state index in [-0.39, 0.29) is 0 Å². The van der Waals surface area contributed by atoms with Gasteiger partial charge in [-0.15, -0.1) is 11.3 Å². The number of carboxylic acids is 1. The smallest absolute Gasteiger partial charge is 0.309 e. The fourth-order valence-electron chi connectivity index (χ4n) is 1.50. The maximum Gasteiger partial charge on any atom is 0.309 e. The Bertz CT molecular complexity index is 297. The molecule has 0 saturated carbocycles. The van der Waals surface area contributed by atoms with Crippen molar-refractivity contribution < 1.29 is 9.90 Å². The predicted molar refractivity (Wildman–Crippen MR) is 56.5 cm³/mol. The van der Waals surface area contributed by atoms with Crippen molar-refractivity contribution >= 4 is 17.3 Å². The van der Waals surface area contributed by atoms with Crippen LogP contribution in [-0.2, 0) is 11.2 Å². The van der Waals surface area contributed by atoms with Crippen LogP contribution in [0.2, 0.25) is 0 Å². The molecular formula is C10H15NO2S. The highest BCUT2D eigenvalue weighted by atomic mass is 32.1. The first-order valence-corrected chi connectivity index (χ1v) is 5.58. The number of aliphatic carboxylic acids is 1. The molecule has 0 aliphatic heterocycles. The van der Waals surface area contributed by atoms with Crippen LogP contribution in [0.1, 0.15) is 31.7 Å². The van der Waals surface area contributed by atoms with Crippen LogP contribution >= 0.6 is 11.3 Å². The monoisotopic (exact) mass is 213 g/mol. The van der Waals surface area contributed by atoms with Crippen molar-refractivity contribution in [3.63, 3.8) is 0 Å². The van der Waals surface area contributed by atoms with Gasteiger partial charge in [0.1, 0.15) is 0 Å². The summed E-state index contributed by atoms with van der Waals surface area (Å²) >= 11 is 1.52. The molecule has 1 heterocycles. The summed E-state index contributed by atoms with van der Waals surface area (Å²) in [6, 6.07) is 0. The topological polar surface area (TPSA) is 50.2 Å². The van der Waals surface area contributed by atoms with Gasteiger partial charge in [-0.05, 0) is 13.3 Å². The Morgan fingerprint density at radius 2 is 2.43 bits per heavy atom. The molecule has 0 saturated heterocycles. The summed E-state index contributed by atoms with van der Waals surface area (Å²) in [6.45, 7) is 3.79. The maximum atomic E-state index is 11.1. The molecule has 78 valence electrons. The van der Waals surface area contributed by atoms with Gasteiger partial charge in [-0.1, -0.05) is 13.3 Å². The van der Waals surface area contributed by atoms with E-state index in [0.717, 1.165) is 11.4 Å². The minimum Gasteiger partial charge on any atom is -0.481 e. The summed E-state index contributed by atoms with van der Waals surface area (Å²) in [7, 11) is 0. The molecule has 1 atom stereocenters. The van der Waals surface area contributed by atoms with Crippen molar-refractivity contribution in [2.75, 3.05) is 0 Å². The normalized spacial score (nSPS) is 15.0. The van der Waals surface area contributed by atoms with Crippen molar-refractivity contribution in [1.82, 2.24) is 4.98 Å². The lowest BCUT2D eigenvalue weighted by Crippen LogP contribution is -2.29. The van der Waals surface area contributed by atoms with Gasteiger partial charge in [0.25, 0.3) is 0 Å². The Balaban J connectivity index is 2.74. The van der Waals surface area contributed by atoms with Crippen LogP contribution in [0.5, 0.6) is 0 Å². The number of carboxylic acid groups (broad SMARTS) is 1. The minimum atomic E-state index is -0.727. The first-order valence-electron chi connectivity index (χ1n) is 4.70. The maximum absolute atomic E-state index is 11.1. The molecule has 0 fully saturated rings. The number of aromatic nitrogens is 1. The van der Waals surface area contributed by atoms with Gasteiger partial charge in [-0.3, -0.25) is 4.79 Å². The second-order valence-corrected chi connectivity index (χ2v) is 4.70. The summed E-state index contributed by atoms with van der Waals surface area (Å²) in [6.07, 6.45) is 3.83. The standard InChI is InChI=1S/C10H15NO2S/c1-3-4-10(2,9(12)13)7-8-11-5-6-14-8/h5-6H,3-4,7H2,1-2H3,(H,12,13). The predicted octanol–water partition coefficient (Wildman–Crippen LogP) is 2.58. The van der Waals surface area contributed by atoms with E-state index in [2.05, 4.69) is 4.98 Å². The highest BCUT2D eigenvalue weighted by Crippen LogP contribution is 2.29. The van der Waals surface area contributed by atoms with Crippen LogP contribution in [0.3, 0.4) is 0 Å². The molecule has 14 heavy (non-hydrogen) atoms. The lowest BCUT2D eigenvalue weighted by atomic mass is 9.83. The molecule has 0 aliphatic rings. The van der Waals surface area contributed by atoms with E-state index >= 15 is 0 Å². The number of rotatable bonds is 5. The summed E-state index contributed by atoms with van der Waals surface area (Å²) in [5.41, 5.74) is -0.660. The Kier molecular flexibility index (Phi) is 3.63. The van der Waals surface area contributed by atoms with E-state index in [1.807, 2.05) is 12.3 Å². The lowest BCUT2D eigenvalue weighted by molar-refractivity contribution is -0.148. The molecule has 4 heteroatoms. The first-order chi connectivity index (χ1) is 6.58.